The average molecular weight is 382 g/mol. The predicted molar refractivity (Wildman–Crippen MR) is 93.5 cm³/mol. The second-order valence-corrected chi connectivity index (χ2v) is 5.52. The van der Waals surface area contributed by atoms with E-state index in [0.29, 0.717) is 21.9 Å². The standard InChI is InChI=1S/C19H15ClF3NO2/c1-2-26-18(25)5-3-4-16(14-8-11-17(20)24-12-14)13-6-9-15(10-7-13)19(21,22)23/h3-12H,2H2,1H3/b5-3+,16-4-. The van der Waals surface area contributed by atoms with Crippen LogP contribution in [0.15, 0.2) is 60.8 Å². The van der Waals surface area contributed by atoms with Crippen LogP contribution in [0.5, 0.6) is 0 Å². The van der Waals surface area contributed by atoms with Gasteiger partial charge in [-0.2, -0.15) is 13.2 Å². The molecule has 2 aromatic rings. The maximum Gasteiger partial charge on any atom is 0.416 e. The van der Waals surface area contributed by atoms with Crippen molar-refractivity contribution in [2.24, 2.45) is 0 Å². The van der Waals surface area contributed by atoms with Crippen molar-refractivity contribution in [3.63, 3.8) is 0 Å². The number of carbonyl (C=O) groups is 1. The Labute approximate surface area is 153 Å². The minimum absolute atomic E-state index is 0.250. The van der Waals surface area contributed by atoms with E-state index in [0.717, 1.165) is 12.1 Å². The summed E-state index contributed by atoms with van der Waals surface area (Å²) in [7, 11) is 0. The van der Waals surface area contributed by atoms with Crippen LogP contribution in [-0.4, -0.2) is 17.6 Å². The summed E-state index contributed by atoms with van der Waals surface area (Å²) in [5, 5.41) is 0.294. The molecule has 0 aliphatic carbocycles. The van der Waals surface area contributed by atoms with Gasteiger partial charge in [-0.3, -0.25) is 0 Å². The second-order valence-electron chi connectivity index (χ2n) is 5.14. The molecule has 0 fully saturated rings. The fraction of sp³-hybridized carbons (Fsp3) is 0.158. The highest BCUT2D eigenvalue weighted by molar-refractivity contribution is 6.29. The zero-order valence-electron chi connectivity index (χ0n) is 13.8. The van der Waals surface area contributed by atoms with Gasteiger partial charge >= 0.3 is 12.1 Å². The molecule has 0 bridgehead atoms. The van der Waals surface area contributed by atoms with Gasteiger partial charge < -0.3 is 4.74 Å². The number of ether oxygens (including phenoxy) is 1. The van der Waals surface area contributed by atoms with Crippen LogP contribution >= 0.6 is 11.6 Å². The Kier molecular flexibility index (Phi) is 6.58. The maximum atomic E-state index is 12.8. The first-order valence-electron chi connectivity index (χ1n) is 7.66. The van der Waals surface area contributed by atoms with E-state index in [2.05, 4.69) is 4.98 Å². The molecule has 3 nitrogen and oxygen atoms in total. The number of esters is 1. The number of carbonyl (C=O) groups excluding carboxylic acids is 1. The topological polar surface area (TPSA) is 39.2 Å². The smallest absolute Gasteiger partial charge is 0.416 e. The number of halogens is 4. The molecule has 0 radical (unpaired) electrons. The lowest BCUT2D eigenvalue weighted by Crippen LogP contribution is -2.04. The average Bonchev–Trinajstić information content (AvgIpc) is 2.59. The number of hydrogen-bond donors (Lipinski definition) is 0. The molecule has 7 heteroatoms. The number of allylic oxidation sites excluding steroid dienone is 2. The van der Waals surface area contributed by atoms with E-state index in [4.69, 9.17) is 16.3 Å². The van der Waals surface area contributed by atoms with E-state index in [-0.39, 0.29) is 6.61 Å². The van der Waals surface area contributed by atoms with Crippen LogP contribution in [0.25, 0.3) is 5.57 Å². The summed E-state index contributed by atoms with van der Waals surface area (Å²) in [6, 6.07) is 7.99. The molecule has 0 saturated heterocycles. The van der Waals surface area contributed by atoms with Crippen LogP contribution in [0, 0.1) is 0 Å². The highest BCUT2D eigenvalue weighted by Gasteiger charge is 2.30. The van der Waals surface area contributed by atoms with Gasteiger partial charge in [0.25, 0.3) is 0 Å². The number of nitrogens with zero attached hydrogens (tertiary/aromatic N) is 1. The molecule has 1 heterocycles. The van der Waals surface area contributed by atoms with Gasteiger partial charge in [0.05, 0.1) is 12.2 Å². The third-order valence-electron chi connectivity index (χ3n) is 3.34. The minimum atomic E-state index is -4.41. The van der Waals surface area contributed by atoms with Crippen LogP contribution in [0.1, 0.15) is 23.6 Å². The first-order chi connectivity index (χ1) is 12.3. The summed E-state index contributed by atoms with van der Waals surface area (Å²) < 4.78 is 43.0. The predicted octanol–water partition coefficient (Wildman–Crippen LogP) is 5.30. The SMILES string of the molecule is CCOC(=O)/C=C/C=C(/c1ccc(C(F)(F)F)cc1)c1ccc(Cl)nc1. The molecule has 0 N–H and O–H groups in total. The lowest BCUT2D eigenvalue weighted by Gasteiger charge is -2.10. The Bertz CT molecular complexity index is 810. The maximum absolute atomic E-state index is 12.8. The van der Waals surface area contributed by atoms with E-state index < -0.39 is 17.7 Å². The van der Waals surface area contributed by atoms with Crippen molar-refractivity contribution in [2.75, 3.05) is 6.61 Å². The van der Waals surface area contributed by atoms with E-state index in [9.17, 15) is 18.0 Å². The van der Waals surface area contributed by atoms with E-state index in [1.807, 2.05) is 0 Å². The zero-order chi connectivity index (χ0) is 19.2. The van der Waals surface area contributed by atoms with Gasteiger partial charge in [0.1, 0.15) is 5.15 Å². The van der Waals surface area contributed by atoms with Gasteiger partial charge in [0, 0.05) is 17.8 Å². The van der Waals surface area contributed by atoms with Crippen molar-refractivity contribution >= 4 is 23.1 Å². The van der Waals surface area contributed by atoms with Crippen molar-refractivity contribution in [1.82, 2.24) is 4.98 Å². The lowest BCUT2D eigenvalue weighted by molar-refractivity contribution is -0.138. The third kappa shape index (κ3) is 5.46. The fourth-order valence-electron chi connectivity index (χ4n) is 2.15. The Balaban J connectivity index is 2.40. The Hall–Kier alpha value is -2.60. The zero-order valence-corrected chi connectivity index (χ0v) is 14.5. The second kappa shape index (κ2) is 8.67. The summed E-state index contributed by atoms with van der Waals surface area (Å²) in [4.78, 5) is 15.4. The number of rotatable bonds is 5. The fourth-order valence-corrected chi connectivity index (χ4v) is 2.26. The summed E-state index contributed by atoms with van der Waals surface area (Å²) in [5.41, 5.74) is 1.03. The van der Waals surface area contributed by atoms with Crippen molar-refractivity contribution < 1.29 is 22.7 Å². The number of alkyl halides is 3. The Morgan fingerprint density at radius 1 is 1.15 bits per heavy atom. The number of pyridine rings is 1. The molecular formula is C19H15ClF3NO2. The summed E-state index contributed by atoms with van der Waals surface area (Å²) in [6.07, 6.45) is 1.40. The molecule has 0 amide bonds. The van der Waals surface area contributed by atoms with E-state index in [1.165, 1.54) is 30.5 Å². The molecule has 136 valence electrons. The molecule has 2 rings (SSSR count). The third-order valence-corrected chi connectivity index (χ3v) is 3.57. The van der Waals surface area contributed by atoms with Crippen LogP contribution in [-0.2, 0) is 15.7 Å². The number of aromatic nitrogens is 1. The Morgan fingerprint density at radius 3 is 2.35 bits per heavy atom. The molecule has 0 spiro atoms. The van der Waals surface area contributed by atoms with Gasteiger partial charge in [-0.05, 0) is 42.3 Å². The van der Waals surface area contributed by atoms with Crippen LogP contribution in [0.2, 0.25) is 5.15 Å². The van der Waals surface area contributed by atoms with Gasteiger partial charge in [0.2, 0.25) is 0 Å². The van der Waals surface area contributed by atoms with Crippen molar-refractivity contribution in [3.05, 3.63) is 82.7 Å². The first kappa shape index (κ1) is 19.7. The largest absolute Gasteiger partial charge is 0.463 e. The lowest BCUT2D eigenvalue weighted by atomic mass is 9.97. The van der Waals surface area contributed by atoms with Crippen LogP contribution in [0.3, 0.4) is 0 Å². The summed E-state index contributed by atoms with van der Waals surface area (Å²) in [5.74, 6) is -0.509. The Morgan fingerprint density at radius 2 is 1.81 bits per heavy atom. The monoisotopic (exact) mass is 381 g/mol. The molecule has 1 aromatic carbocycles. The van der Waals surface area contributed by atoms with Crippen molar-refractivity contribution in [1.29, 1.82) is 0 Å². The normalized spacial score (nSPS) is 12.4. The molecule has 1 aromatic heterocycles. The van der Waals surface area contributed by atoms with Gasteiger partial charge in [-0.25, -0.2) is 9.78 Å². The van der Waals surface area contributed by atoms with Crippen molar-refractivity contribution in [3.8, 4) is 0 Å². The van der Waals surface area contributed by atoms with Crippen LogP contribution in [0.4, 0.5) is 13.2 Å². The highest BCUT2D eigenvalue weighted by Crippen LogP contribution is 2.31. The van der Waals surface area contributed by atoms with Gasteiger partial charge in [0.15, 0.2) is 0 Å². The van der Waals surface area contributed by atoms with Crippen molar-refractivity contribution in [2.45, 2.75) is 13.1 Å². The molecule has 26 heavy (non-hydrogen) atoms. The van der Waals surface area contributed by atoms with Crippen LogP contribution < -0.4 is 0 Å². The molecule has 0 atom stereocenters. The van der Waals surface area contributed by atoms with E-state index >= 15 is 0 Å². The van der Waals surface area contributed by atoms with E-state index in [1.54, 1.807) is 25.1 Å². The molecule has 0 aliphatic heterocycles. The highest BCUT2D eigenvalue weighted by atomic mass is 35.5. The quantitative estimate of drug-likeness (QED) is 0.305. The van der Waals surface area contributed by atoms with Gasteiger partial charge in [-0.15, -0.1) is 0 Å². The molecule has 0 unspecified atom stereocenters. The minimum Gasteiger partial charge on any atom is -0.463 e. The summed E-state index contributed by atoms with van der Waals surface area (Å²) in [6.45, 7) is 1.94. The summed E-state index contributed by atoms with van der Waals surface area (Å²) >= 11 is 5.78. The molecular weight excluding hydrogens is 367 g/mol. The van der Waals surface area contributed by atoms with Gasteiger partial charge in [-0.1, -0.05) is 35.9 Å². The molecule has 0 aliphatic rings. The first-order valence-corrected chi connectivity index (χ1v) is 8.03. The number of hydrogen-bond acceptors (Lipinski definition) is 3. The molecule has 0 saturated carbocycles. The number of benzene rings is 1.